The summed E-state index contributed by atoms with van der Waals surface area (Å²) in [7, 11) is 3.06. The molecule has 33 heavy (non-hydrogen) atoms. The van der Waals surface area contributed by atoms with E-state index in [0.717, 1.165) is 5.56 Å². The number of benzene rings is 2. The van der Waals surface area contributed by atoms with Crippen molar-refractivity contribution >= 4 is 35.0 Å². The number of carbonyl (C=O) groups is 2. The van der Waals surface area contributed by atoms with Crippen molar-refractivity contribution in [1.29, 1.82) is 0 Å². The van der Waals surface area contributed by atoms with Crippen molar-refractivity contribution in [2.45, 2.75) is 45.8 Å². The highest BCUT2D eigenvalue weighted by Gasteiger charge is 2.29. The van der Waals surface area contributed by atoms with E-state index in [1.54, 1.807) is 36.4 Å². The molecule has 1 N–H and O–H groups in total. The van der Waals surface area contributed by atoms with Gasteiger partial charge in [0.15, 0.2) is 6.61 Å². The van der Waals surface area contributed by atoms with Gasteiger partial charge in [-0.15, -0.1) is 0 Å². The van der Waals surface area contributed by atoms with Crippen molar-refractivity contribution < 1.29 is 23.8 Å². The summed E-state index contributed by atoms with van der Waals surface area (Å²) >= 11 is 12.2. The van der Waals surface area contributed by atoms with Gasteiger partial charge in [0.05, 0.1) is 24.3 Å². The highest BCUT2D eigenvalue weighted by Crippen LogP contribution is 2.28. The van der Waals surface area contributed by atoms with Gasteiger partial charge in [0, 0.05) is 30.8 Å². The van der Waals surface area contributed by atoms with E-state index < -0.39 is 6.04 Å². The third-order valence-electron chi connectivity index (χ3n) is 4.84. The van der Waals surface area contributed by atoms with Crippen LogP contribution in [0, 0.1) is 0 Å². The van der Waals surface area contributed by atoms with E-state index >= 15 is 0 Å². The first kappa shape index (κ1) is 26.6. The zero-order chi connectivity index (χ0) is 24.5. The molecule has 0 saturated heterocycles. The molecule has 0 bridgehead atoms. The van der Waals surface area contributed by atoms with E-state index in [-0.39, 0.29) is 31.0 Å². The molecule has 0 spiro atoms. The molecule has 0 radical (unpaired) electrons. The minimum atomic E-state index is -0.683. The van der Waals surface area contributed by atoms with Crippen LogP contribution in [0.2, 0.25) is 10.0 Å². The summed E-state index contributed by atoms with van der Waals surface area (Å²) in [5.74, 6) is 0.894. The normalized spacial score (nSPS) is 11.6. The molecule has 0 aliphatic rings. The van der Waals surface area contributed by atoms with E-state index in [2.05, 4.69) is 5.32 Å². The molecule has 7 nitrogen and oxygen atoms in total. The summed E-state index contributed by atoms with van der Waals surface area (Å²) < 4.78 is 16.2. The molecule has 1 atom stereocenters. The molecule has 0 heterocycles. The lowest BCUT2D eigenvalue weighted by atomic mass is 10.1. The van der Waals surface area contributed by atoms with Gasteiger partial charge in [0.2, 0.25) is 5.91 Å². The Labute approximate surface area is 204 Å². The Balaban J connectivity index is 2.28. The summed E-state index contributed by atoms with van der Waals surface area (Å²) in [6.07, 6.45) is 0.429. The number of methoxy groups -OCH3 is 2. The molecule has 9 heteroatoms. The molecular formula is C24H30Cl2N2O5. The number of halogens is 2. The largest absolute Gasteiger partial charge is 0.496 e. The Morgan fingerprint density at radius 2 is 1.58 bits per heavy atom. The second kappa shape index (κ2) is 12.6. The summed E-state index contributed by atoms with van der Waals surface area (Å²) in [5.41, 5.74) is 0.747. The first-order valence-electron chi connectivity index (χ1n) is 10.6. The Kier molecular flexibility index (Phi) is 10.1. The first-order chi connectivity index (χ1) is 15.7. The third-order valence-corrected chi connectivity index (χ3v) is 5.58. The standard InChI is InChI=1S/C24H30Cl2N2O5/c1-6-22(24(30)27-15(2)3)28(13-16-7-8-20(25)21(26)9-16)23(29)14-33-19-11-17(31-4)10-18(12-19)32-5/h7-12,15,22H,6,13-14H2,1-5H3,(H,27,30)/t22-/m1/s1. The molecule has 0 aliphatic carbocycles. The molecule has 2 rings (SSSR count). The Bertz CT molecular complexity index is 946. The second-order valence-electron chi connectivity index (χ2n) is 7.69. The lowest BCUT2D eigenvalue weighted by molar-refractivity contribution is -0.143. The average Bonchev–Trinajstić information content (AvgIpc) is 2.78. The molecule has 180 valence electrons. The summed E-state index contributed by atoms with van der Waals surface area (Å²) in [5, 5.41) is 3.68. The predicted octanol–water partition coefficient (Wildman–Crippen LogP) is 4.72. The number of nitrogens with zero attached hydrogens (tertiary/aromatic N) is 1. The van der Waals surface area contributed by atoms with Crippen LogP contribution in [0.15, 0.2) is 36.4 Å². The maximum absolute atomic E-state index is 13.3. The Morgan fingerprint density at radius 1 is 0.970 bits per heavy atom. The number of amides is 2. The predicted molar refractivity (Wildman–Crippen MR) is 129 cm³/mol. The molecular weight excluding hydrogens is 467 g/mol. The maximum atomic E-state index is 13.3. The highest BCUT2D eigenvalue weighted by atomic mass is 35.5. The van der Waals surface area contributed by atoms with E-state index in [4.69, 9.17) is 37.4 Å². The van der Waals surface area contributed by atoms with Crippen LogP contribution in [0.25, 0.3) is 0 Å². The van der Waals surface area contributed by atoms with Gasteiger partial charge in [0.25, 0.3) is 5.91 Å². The van der Waals surface area contributed by atoms with Gasteiger partial charge < -0.3 is 24.4 Å². The van der Waals surface area contributed by atoms with Crippen LogP contribution in [0.4, 0.5) is 0 Å². The zero-order valence-corrected chi connectivity index (χ0v) is 21.0. The van der Waals surface area contributed by atoms with E-state index in [9.17, 15) is 9.59 Å². The number of ether oxygens (including phenoxy) is 3. The van der Waals surface area contributed by atoms with E-state index in [1.165, 1.54) is 19.1 Å². The fraction of sp³-hybridized carbons (Fsp3) is 0.417. The van der Waals surface area contributed by atoms with Crippen LogP contribution in [0.1, 0.15) is 32.8 Å². The molecule has 0 fully saturated rings. The molecule has 2 aromatic rings. The van der Waals surface area contributed by atoms with E-state index in [0.29, 0.717) is 33.7 Å². The first-order valence-corrected chi connectivity index (χ1v) is 11.3. The number of nitrogens with one attached hydrogen (secondary N) is 1. The van der Waals surface area contributed by atoms with Crippen molar-refractivity contribution in [2.75, 3.05) is 20.8 Å². The molecule has 0 aromatic heterocycles. The van der Waals surface area contributed by atoms with Crippen LogP contribution in [-0.4, -0.2) is 49.6 Å². The van der Waals surface area contributed by atoms with Crippen molar-refractivity contribution in [3.05, 3.63) is 52.0 Å². The average molecular weight is 497 g/mol. The second-order valence-corrected chi connectivity index (χ2v) is 8.51. The Hall–Kier alpha value is -2.64. The number of hydrogen-bond acceptors (Lipinski definition) is 5. The van der Waals surface area contributed by atoms with Crippen molar-refractivity contribution in [3.63, 3.8) is 0 Å². The number of rotatable bonds is 11. The molecule has 0 saturated carbocycles. The van der Waals surface area contributed by atoms with Gasteiger partial charge in [-0.25, -0.2) is 0 Å². The van der Waals surface area contributed by atoms with E-state index in [1.807, 2.05) is 20.8 Å². The van der Waals surface area contributed by atoms with Crippen LogP contribution < -0.4 is 19.5 Å². The van der Waals surface area contributed by atoms with Crippen molar-refractivity contribution in [3.8, 4) is 17.2 Å². The number of hydrogen-bond donors (Lipinski definition) is 1. The van der Waals surface area contributed by atoms with Gasteiger partial charge in [-0.1, -0.05) is 36.2 Å². The quantitative estimate of drug-likeness (QED) is 0.486. The fourth-order valence-corrected chi connectivity index (χ4v) is 3.55. The fourth-order valence-electron chi connectivity index (χ4n) is 3.23. The van der Waals surface area contributed by atoms with Crippen LogP contribution in [0.5, 0.6) is 17.2 Å². The maximum Gasteiger partial charge on any atom is 0.261 e. The molecule has 0 unspecified atom stereocenters. The molecule has 0 aliphatic heterocycles. The van der Waals surface area contributed by atoms with Crippen molar-refractivity contribution in [1.82, 2.24) is 10.2 Å². The van der Waals surface area contributed by atoms with Gasteiger partial charge in [0.1, 0.15) is 23.3 Å². The third kappa shape index (κ3) is 7.72. The van der Waals surface area contributed by atoms with Gasteiger partial charge in [-0.3, -0.25) is 9.59 Å². The summed E-state index contributed by atoms with van der Waals surface area (Å²) in [4.78, 5) is 27.6. The SMILES string of the molecule is CC[C@H](C(=O)NC(C)C)N(Cc1ccc(Cl)c(Cl)c1)C(=O)COc1cc(OC)cc(OC)c1. The summed E-state index contributed by atoms with van der Waals surface area (Å²) in [6, 6.07) is 9.39. The minimum absolute atomic E-state index is 0.0611. The van der Waals surface area contributed by atoms with Crippen LogP contribution in [-0.2, 0) is 16.1 Å². The molecule has 2 aromatic carbocycles. The smallest absolute Gasteiger partial charge is 0.261 e. The van der Waals surface area contributed by atoms with Crippen LogP contribution >= 0.6 is 23.2 Å². The minimum Gasteiger partial charge on any atom is -0.496 e. The highest BCUT2D eigenvalue weighted by molar-refractivity contribution is 6.42. The molecule has 2 amide bonds. The lowest BCUT2D eigenvalue weighted by Crippen LogP contribution is -2.51. The lowest BCUT2D eigenvalue weighted by Gasteiger charge is -2.31. The topological polar surface area (TPSA) is 77.1 Å². The number of carbonyl (C=O) groups excluding carboxylic acids is 2. The van der Waals surface area contributed by atoms with Gasteiger partial charge in [-0.2, -0.15) is 0 Å². The van der Waals surface area contributed by atoms with Gasteiger partial charge >= 0.3 is 0 Å². The van der Waals surface area contributed by atoms with Crippen molar-refractivity contribution in [2.24, 2.45) is 0 Å². The monoisotopic (exact) mass is 496 g/mol. The zero-order valence-electron chi connectivity index (χ0n) is 19.5. The van der Waals surface area contributed by atoms with Gasteiger partial charge in [-0.05, 0) is 38.0 Å². The Morgan fingerprint density at radius 3 is 2.09 bits per heavy atom. The summed E-state index contributed by atoms with van der Waals surface area (Å²) in [6.45, 7) is 5.49. The van der Waals surface area contributed by atoms with Crippen LogP contribution in [0.3, 0.4) is 0 Å².